The first-order valence-electron chi connectivity index (χ1n) is 8.28. The molecule has 2 aliphatic rings. The molecular weight excluding hydrogens is 278 g/mol. The summed E-state index contributed by atoms with van der Waals surface area (Å²) >= 11 is 0. The number of nitrogens with zero attached hydrogens (tertiary/aromatic N) is 3. The number of rotatable bonds is 1. The van der Waals surface area contributed by atoms with Gasteiger partial charge in [0.15, 0.2) is 0 Å². The molecule has 1 aromatic rings. The van der Waals surface area contributed by atoms with E-state index in [1.54, 1.807) is 0 Å². The summed E-state index contributed by atoms with van der Waals surface area (Å²) in [4.78, 5) is 16.5. The fourth-order valence-electron chi connectivity index (χ4n) is 3.39. The number of aromatic nitrogens is 1. The van der Waals surface area contributed by atoms with E-state index in [1.807, 2.05) is 25.7 Å². The lowest BCUT2D eigenvalue weighted by molar-refractivity contribution is 0.0124. The van der Waals surface area contributed by atoms with Crippen LogP contribution in [0.5, 0.6) is 0 Å². The maximum Gasteiger partial charge on any atom is 0.410 e. The Hall–Kier alpha value is -1.49. The molecule has 0 N–H and O–H groups in total. The summed E-state index contributed by atoms with van der Waals surface area (Å²) in [5.74, 6) is 0. The minimum atomic E-state index is -0.411. The van der Waals surface area contributed by atoms with Gasteiger partial charge in [-0.05, 0) is 45.7 Å². The van der Waals surface area contributed by atoms with E-state index >= 15 is 0 Å². The van der Waals surface area contributed by atoms with Gasteiger partial charge in [-0.3, -0.25) is 4.90 Å². The highest BCUT2D eigenvalue weighted by atomic mass is 16.6. The third kappa shape index (κ3) is 3.46. The average Bonchev–Trinajstić information content (AvgIpc) is 2.93. The van der Waals surface area contributed by atoms with Crippen molar-refractivity contribution < 1.29 is 9.53 Å². The zero-order chi connectivity index (χ0) is 15.7. The molecule has 5 heteroatoms. The second-order valence-corrected chi connectivity index (χ2v) is 7.36. The second kappa shape index (κ2) is 5.95. The summed E-state index contributed by atoms with van der Waals surface area (Å²) in [6.07, 6.45) is 4.08. The largest absolute Gasteiger partial charge is 0.444 e. The molecule has 0 aliphatic carbocycles. The molecule has 1 fully saturated rings. The Morgan fingerprint density at radius 1 is 1.18 bits per heavy atom. The van der Waals surface area contributed by atoms with Crippen molar-refractivity contribution in [2.75, 3.05) is 19.6 Å². The molecule has 3 heterocycles. The van der Waals surface area contributed by atoms with E-state index in [2.05, 4.69) is 27.8 Å². The monoisotopic (exact) mass is 305 g/mol. The number of hydrogen-bond acceptors (Lipinski definition) is 3. The van der Waals surface area contributed by atoms with Crippen molar-refractivity contribution in [1.82, 2.24) is 14.4 Å². The fraction of sp³-hybridized carbons (Fsp3) is 0.706. The Labute approximate surface area is 132 Å². The van der Waals surface area contributed by atoms with Gasteiger partial charge in [0.25, 0.3) is 0 Å². The summed E-state index contributed by atoms with van der Waals surface area (Å²) in [7, 11) is 0. The molecule has 122 valence electrons. The molecular formula is C17H27N3O2. The standard InChI is InChI=1S/C17H27N3O2/c1-17(2,3)22-16(21)19-9-6-14(7-10-19)20-12-11-18-8-4-5-15(18)13-20/h4-5,8,14H,6-7,9-13H2,1-3H3. The number of hydrogen-bond donors (Lipinski definition) is 0. The number of ether oxygens (including phenoxy) is 1. The Kier molecular flexibility index (Phi) is 4.17. The van der Waals surface area contributed by atoms with E-state index in [0.717, 1.165) is 45.6 Å². The molecule has 1 amide bonds. The maximum absolute atomic E-state index is 12.1. The van der Waals surface area contributed by atoms with Crippen molar-refractivity contribution >= 4 is 6.09 Å². The lowest BCUT2D eigenvalue weighted by Gasteiger charge is -2.40. The normalized spacial score (nSPS) is 20.8. The first kappa shape index (κ1) is 15.4. The van der Waals surface area contributed by atoms with E-state index in [9.17, 15) is 4.79 Å². The van der Waals surface area contributed by atoms with Crippen molar-refractivity contribution in [1.29, 1.82) is 0 Å². The van der Waals surface area contributed by atoms with Crippen LogP contribution in [-0.2, 0) is 17.8 Å². The van der Waals surface area contributed by atoms with Gasteiger partial charge in [-0.15, -0.1) is 0 Å². The van der Waals surface area contributed by atoms with Crippen LogP contribution in [0.25, 0.3) is 0 Å². The van der Waals surface area contributed by atoms with E-state index in [-0.39, 0.29) is 6.09 Å². The molecule has 0 spiro atoms. The maximum atomic E-state index is 12.1. The Bertz CT molecular complexity index is 524. The van der Waals surface area contributed by atoms with Crippen LogP contribution in [-0.4, -0.2) is 51.7 Å². The molecule has 0 aromatic carbocycles. The molecule has 22 heavy (non-hydrogen) atoms. The minimum absolute atomic E-state index is 0.168. The average molecular weight is 305 g/mol. The van der Waals surface area contributed by atoms with Crippen molar-refractivity contribution in [2.24, 2.45) is 0 Å². The quantitative estimate of drug-likeness (QED) is 0.800. The molecule has 1 aromatic heterocycles. The zero-order valence-electron chi connectivity index (χ0n) is 13.9. The number of fused-ring (bicyclic) bond motifs is 1. The predicted octanol–water partition coefficient (Wildman–Crippen LogP) is 2.70. The van der Waals surface area contributed by atoms with Gasteiger partial charge in [0.05, 0.1) is 0 Å². The van der Waals surface area contributed by atoms with Crippen LogP contribution >= 0.6 is 0 Å². The molecule has 1 saturated heterocycles. The fourth-order valence-corrected chi connectivity index (χ4v) is 3.39. The van der Waals surface area contributed by atoms with Crippen LogP contribution < -0.4 is 0 Å². The van der Waals surface area contributed by atoms with Crippen molar-refractivity contribution in [2.45, 2.75) is 58.3 Å². The summed E-state index contributed by atoms with van der Waals surface area (Å²) in [5, 5.41) is 0. The van der Waals surface area contributed by atoms with Crippen LogP contribution in [0, 0.1) is 0 Å². The predicted molar refractivity (Wildman–Crippen MR) is 85.7 cm³/mol. The SMILES string of the molecule is CC(C)(C)OC(=O)N1CCC(N2CCn3cccc3C2)CC1. The number of piperidine rings is 1. The first-order chi connectivity index (χ1) is 10.4. The Balaban J connectivity index is 1.51. The summed E-state index contributed by atoms with van der Waals surface area (Å²) in [6, 6.07) is 4.92. The molecule has 3 rings (SSSR count). The van der Waals surface area contributed by atoms with Crippen LogP contribution in [0.1, 0.15) is 39.3 Å². The lowest BCUT2D eigenvalue weighted by Crippen LogP contribution is -2.49. The minimum Gasteiger partial charge on any atom is -0.444 e. The molecule has 2 aliphatic heterocycles. The molecule has 0 bridgehead atoms. The first-order valence-corrected chi connectivity index (χ1v) is 8.28. The van der Waals surface area contributed by atoms with Gasteiger partial charge in [0.1, 0.15) is 5.60 Å². The highest BCUT2D eigenvalue weighted by molar-refractivity contribution is 5.68. The number of likely N-dealkylation sites (tertiary alicyclic amines) is 1. The van der Waals surface area contributed by atoms with Crippen LogP contribution in [0.2, 0.25) is 0 Å². The van der Waals surface area contributed by atoms with Crippen molar-refractivity contribution in [3.05, 3.63) is 24.0 Å². The van der Waals surface area contributed by atoms with Gasteiger partial charge >= 0.3 is 6.09 Å². The smallest absolute Gasteiger partial charge is 0.410 e. The lowest BCUT2D eigenvalue weighted by atomic mass is 10.0. The summed E-state index contributed by atoms with van der Waals surface area (Å²) in [5.41, 5.74) is 0.993. The third-order valence-electron chi connectivity index (χ3n) is 4.55. The third-order valence-corrected chi connectivity index (χ3v) is 4.55. The highest BCUT2D eigenvalue weighted by Crippen LogP contribution is 2.23. The van der Waals surface area contributed by atoms with Crippen molar-refractivity contribution in [3.8, 4) is 0 Å². The van der Waals surface area contributed by atoms with Gasteiger partial charge in [-0.2, -0.15) is 0 Å². The van der Waals surface area contributed by atoms with E-state index in [1.165, 1.54) is 5.69 Å². The van der Waals surface area contributed by atoms with Crippen molar-refractivity contribution in [3.63, 3.8) is 0 Å². The van der Waals surface area contributed by atoms with Gasteiger partial charge < -0.3 is 14.2 Å². The highest BCUT2D eigenvalue weighted by Gasteiger charge is 2.30. The van der Waals surface area contributed by atoms with Crippen LogP contribution in [0.15, 0.2) is 18.3 Å². The topological polar surface area (TPSA) is 37.7 Å². The Morgan fingerprint density at radius 2 is 1.91 bits per heavy atom. The number of carbonyl (C=O) groups is 1. The van der Waals surface area contributed by atoms with Crippen LogP contribution in [0.4, 0.5) is 4.79 Å². The van der Waals surface area contributed by atoms with Gasteiger partial charge in [-0.25, -0.2) is 4.79 Å². The van der Waals surface area contributed by atoms with Gasteiger partial charge in [-0.1, -0.05) is 0 Å². The van der Waals surface area contributed by atoms with Crippen LogP contribution in [0.3, 0.4) is 0 Å². The number of amides is 1. The van der Waals surface area contributed by atoms with Gasteiger partial charge in [0.2, 0.25) is 0 Å². The summed E-state index contributed by atoms with van der Waals surface area (Å²) < 4.78 is 7.80. The second-order valence-electron chi connectivity index (χ2n) is 7.36. The molecule has 0 unspecified atom stereocenters. The molecule has 0 radical (unpaired) electrons. The van der Waals surface area contributed by atoms with E-state index in [0.29, 0.717) is 6.04 Å². The van der Waals surface area contributed by atoms with E-state index in [4.69, 9.17) is 4.74 Å². The Morgan fingerprint density at radius 3 is 2.59 bits per heavy atom. The molecule has 0 saturated carbocycles. The zero-order valence-corrected chi connectivity index (χ0v) is 13.9. The molecule has 0 atom stereocenters. The van der Waals surface area contributed by atoms with Gasteiger partial charge in [0, 0.05) is 50.7 Å². The summed E-state index contributed by atoms with van der Waals surface area (Å²) in [6.45, 7) is 10.6. The van der Waals surface area contributed by atoms with E-state index < -0.39 is 5.60 Å². The number of carbonyl (C=O) groups excluding carboxylic acids is 1. The molecule has 5 nitrogen and oxygen atoms in total.